The molecule has 112 valence electrons. The summed E-state index contributed by atoms with van der Waals surface area (Å²) >= 11 is 0. The summed E-state index contributed by atoms with van der Waals surface area (Å²) in [6.07, 6.45) is 2.86. The largest absolute Gasteiger partial charge is 0.480 e. The first-order valence-corrected chi connectivity index (χ1v) is 8.36. The van der Waals surface area contributed by atoms with Crippen LogP contribution in [0.2, 0.25) is 0 Å². The number of ether oxygens (including phenoxy) is 1. The fourth-order valence-corrected chi connectivity index (χ4v) is 2.61. The summed E-state index contributed by atoms with van der Waals surface area (Å²) in [5.74, 6) is 0.525. The van der Waals surface area contributed by atoms with Crippen molar-refractivity contribution in [3.8, 4) is 5.88 Å². The topological polar surface area (TPSA) is 68.3 Å². The SMILES string of the molecule is COc1ncccc1NC(C)c1ccc(S(C)(=O)=O)cc1. The van der Waals surface area contributed by atoms with E-state index >= 15 is 0 Å². The zero-order valence-corrected chi connectivity index (χ0v) is 13.0. The quantitative estimate of drug-likeness (QED) is 0.920. The van der Waals surface area contributed by atoms with Gasteiger partial charge >= 0.3 is 0 Å². The van der Waals surface area contributed by atoms with Gasteiger partial charge in [0, 0.05) is 18.5 Å². The van der Waals surface area contributed by atoms with Gasteiger partial charge < -0.3 is 10.1 Å². The summed E-state index contributed by atoms with van der Waals surface area (Å²) in [6.45, 7) is 1.99. The maximum Gasteiger partial charge on any atom is 0.237 e. The molecule has 5 nitrogen and oxygen atoms in total. The van der Waals surface area contributed by atoms with Gasteiger partial charge in [-0.3, -0.25) is 0 Å². The average molecular weight is 306 g/mol. The number of aromatic nitrogens is 1. The molecule has 0 aliphatic carbocycles. The predicted molar refractivity (Wildman–Crippen MR) is 82.4 cm³/mol. The highest BCUT2D eigenvalue weighted by Crippen LogP contribution is 2.26. The van der Waals surface area contributed by atoms with Gasteiger partial charge in [-0.25, -0.2) is 13.4 Å². The minimum Gasteiger partial charge on any atom is -0.480 e. The van der Waals surface area contributed by atoms with E-state index in [1.54, 1.807) is 37.6 Å². The molecule has 2 aromatic rings. The van der Waals surface area contributed by atoms with Crippen molar-refractivity contribution in [2.45, 2.75) is 17.9 Å². The standard InChI is InChI=1S/C15H18N2O3S/c1-11(17-14-5-4-10-16-15(14)20-2)12-6-8-13(9-7-12)21(3,18)19/h4-11,17H,1-3H3. The Labute approximate surface area is 124 Å². The Morgan fingerprint density at radius 2 is 1.86 bits per heavy atom. The van der Waals surface area contributed by atoms with Gasteiger partial charge in [0.15, 0.2) is 9.84 Å². The van der Waals surface area contributed by atoms with Crippen LogP contribution < -0.4 is 10.1 Å². The second-order valence-electron chi connectivity index (χ2n) is 4.77. The van der Waals surface area contributed by atoms with Gasteiger partial charge in [0.1, 0.15) is 0 Å². The molecule has 1 heterocycles. The summed E-state index contributed by atoms with van der Waals surface area (Å²) in [7, 11) is -1.60. The van der Waals surface area contributed by atoms with E-state index in [0.717, 1.165) is 11.3 Å². The van der Waals surface area contributed by atoms with Crippen LogP contribution in [0.25, 0.3) is 0 Å². The lowest BCUT2D eigenvalue weighted by molar-refractivity contribution is 0.399. The average Bonchev–Trinajstić information content (AvgIpc) is 2.47. The van der Waals surface area contributed by atoms with Crippen LogP contribution in [0.1, 0.15) is 18.5 Å². The van der Waals surface area contributed by atoms with Gasteiger partial charge in [0.25, 0.3) is 0 Å². The summed E-state index contributed by atoms with van der Waals surface area (Å²) in [5.41, 5.74) is 1.77. The molecule has 21 heavy (non-hydrogen) atoms. The number of methoxy groups -OCH3 is 1. The fraction of sp³-hybridized carbons (Fsp3) is 0.267. The monoisotopic (exact) mass is 306 g/mol. The van der Waals surface area contributed by atoms with Gasteiger partial charge in [0.2, 0.25) is 5.88 Å². The minimum atomic E-state index is -3.17. The zero-order valence-electron chi connectivity index (χ0n) is 12.2. The Bertz CT molecular complexity index is 712. The number of benzene rings is 1. The van der Waals surface area contributed by atoms with Crippen LogP contribution in [0.3, 0.4) is 0 Å². The van der Waals surface area contributed by atoms with Crippen LogP contribution in [0.5, 0.6) is 5.88 Å². The van der Waals surface area contributed by atoms with Gasteiger partial charge in [-0.15, -0.1) is 0 Å². The highest BCUT2D eigenvalue weighted by molar-refractivity contribution is 7.90. The molecule has 1 atom stereocenters. The van der Waals surface area contributed by atoms with Crippen molar-refractivity contribution in [2.24, 2.45) is 0 Å². The molecule has 1 unspecified atom stereocenters. The number of sulfone groups is 1. The number of anilines is 1. The van der Waals surface area contributed by atoms with E-state index in [2.05, 4.69) is 10.3 Å². The maximum atomic E-state index is 11.4. The maximum absolute atomic E-state index is 11.4. The first-order chi connectivity index (χ1) is 9.91. The van der Waals surface area contributed by atoms with Crippen molar-refractivity contribution >= 4 is 15.5 Å². The number of hydrogen-bond acceptors (Lipinski definition) is 5. The Morgan fingerprint density at radius 1 is 1.19 bits per heavy atom. The van der Waals surface area contributed by atoms with Crippen molar-refractivity contribution in [1.82, 2.24) is 4.98 Å². The third kappa shape index (κ3) is 3.72. The molecule has 0 spiro atoms. The second-order valence-corrected chi connectivity index (χ2v) is 6.78. The molecule has 0 fully saturated rings. The Morgan fingerprint density at radius 3 is 2.43 bits per heavy atom. The van der Waals surface area contributed by atoms with Gasteiger partial charge in [-0.1, -0.05) is 12.1 Å². The first kappa shape index (κ1) is 15.3. The Balaban J connectivity index is 2.19. The van der Waals surface area contributed by atoms with Crippen LogP contribution in [0, 0.1) is 0 Å². The van der Waals surface area contributed by atoms with E-state index in [1.807, 2.05) is 19.1 Å². The predicted octanol–water partition coefficient (Wildman–Crippen LogP) is 2.67. The van der Waals surface area contributed by atoms with Crippen LogP contribution in [0.15, 0.2) is 47.5 Å². The lowest BCUT2D eigenvalue weighted by Gasteiger charge is -2.17. The minimum absolute atomic E-state index is 0.00305. The highest BCUT2D eigenvalue weighted by Gasteiger charge is 2.11. The van der Waals surface area contributed by atoms with E-state index in [0.29, 0.717) is 10.8 Å². The van der Waals surface area contributed by atoms with E-state index in [4.69, 9.17) is 4.74 Å². The fourth-order valence-electron chi connectivity index (χ4n) is 1.98. The summed E-state index contributed by atoms with van der Waals surface area (Å²) in [4.78, 5) is 4.44. The van der Waals surface area contributed by atoms with Crippen molar-refractivity contribution in [2.75, 3.05) is 18.7 Å². The normalized spacial score (nSPS) is 12.7. The molecule has 1 aromatic heterocycles. The number of nitrogens with zero attached hydrogens (tertiary/aromatic N) is 1. The van der Waals surface area contributed by atoms with Gasteiger partial charge in [0.05, 0.1) is 17.7 Å². The van der Waals surface area contributed by atoms with Crippen LogP contribution in [-0.4, -0.2) is 26.8 Å². The lowest BCUT2D eigenvalue weighted by atomic mass is 10.1. The molecule has 6 heteroatoms. The van der Waals surface area contributed by atoms with Gasteiger partial charge in [-0.05, 0) is 36.8 Å². The molecule has 0 radical (unpaired) electrons. The summed E-state index contributed by atoms with van der Waals surface area (Å²) in [6, 6.07) is 10.5. The first-order valence-electron chi connectivity index (χ1n) is 6.47. The van der Waals surface area contributed by atoms with Crippen molar-refractivity contribution in [1.29, 1.82) is 0 Å². The number of nitrogens with one attached hydrogen (secondary N) is 1. The summed E-state index contributed by atoms with van der Waals surface area (Å²) in [5, 5.41) is 3.30. The van der Waals surface area contributed by atoms with Gasteiger partial charge in [-0.2, -0.15) is 0 Å². The van der Waals surface area contributed by atoms with Crippen LogP contribution in [-0.2, 0) is 9.84 Å². The summed E-state index contributed by atoms with van der Waals surface area (Å²) < 4.78 is 28.1. The molecule has 2 rings (SSSR count). The van der Waals surface area contributed by atoms with Crippen LogP contribution in [0.4, 0.5) is 5.69 Å². The molecule has 1 aromatic carbocycles. The smallest absolute Gasteiger partial charge is 0.237 e. The van der Waals surface area contributed by atoms with Crippen molar-refractivity contribution in [3.63, 3.8) is 0 Å². The number of rotatable bonds is 5. The Hall–Kier alpha value is -2.08. The third-order valence-electron chi connectivity index (χ3n) is 3.14. The molecule has 0 bridgehead atoms. The van der Waals surface area contributed by atoms with E-state index < -0.39 is 9.84 Å². The third-order valence-corrected chi connectivity index (χ3v) is 4.27. The van der Waals surface area contributed by atoms with E-state index in [9.17, 15) is 8.42 Å². The van der Waals surface area contributed by atoms with Crippen LogP contribution >= 0.6 is 0 Å². The zero-order chi connectivity index (χ0) is 15.5. The molecule has 0 aliphatic rings. The Kier molecular flexibility index (Phi) is 4.47. The number of hydrogen-bond donors (Lipinski definition) is 1. The van der Waals surface area contributed by atoms with Crippen molar-refractivity contribution < 1.29 is 13.2 Å². The number of pyridine rings is 1. The lowest BCUT2D eigenvalue weighted by Crippen LogP contribution is -2.08. The molecule has 0 saturated carbocycles. The molecule has 1 N–H and O–H groups in total. The van der Waals surface area contributed by atoms with E-state index in [1.165, 1.54) is 6.26 Å². The van der Waals surface area contributed by atoms with E-state index in [-0.39, 0.29) is 6.04 Å². The molecule has 0 amide bonds. The van der Waals surface area contributed by atoms with Crippen molar-refractivity contribution in [3.05, 3.63) is 48.2 Å². The molecular formula is C15H18N2O3S. The highest BCUT2D eigenvalue weighted by atomic mass is 32.2. The molecular weight excluding hydrogens is 288 g/mol. The molecule has 0 aliphatic heterocycles. The molecule has 0 saturated heterocycles. The second kappa shape index (κ2) is 6.13.